The van der Waals surface area contributed by atoms with Crippen molar-refractivity contribution in [1.29, 1.82) is 0 Å². The summed E-state index contributed by atoms with van der Waals surface area (Å²) in [4.78, 5) is 0. The summed E-state index contributed by atoms with van der Waals surface area (Å²) in [5, 5.41) is 0. The Kier molecular flexibility index (Phi) is 4.41. The van der Waals surface area contributed by atoms with E-state index in [0.29, 0.717) is 5.41 Å². The van der Waals surface area contributed by atoms with Crippen molar-refractivity contribution in [3.05, 3.63) is 24.3 Å². The summed E-state index contributed by atoms with van der Waals surface area (Å²) in [5.74, 6) is 2.28. The molecule has 0 aliphatic heterocycles. The molecular weight excluding hydrogens is 192 g/mol. The maximum absolute atomic E-state index is 3.85. The van der Waals surface area contributed by atoms with Crippen molar-refractivity contribution < 1.29 is 0 Å². The second-order valence-electron chi connectivity index (χ2n) is 6.38. The first-order valence-electron chi connectivity index (χ1n) is 6.68. The molecule has 0 heteroatoms. The molecule has 0 amide bonds. The van der Waals surface area contributed by atoms with Crippen molar-refractivity contribution in [2.24, 2.45) is 23.2 Å². The minimum Gasteiger partial charge on any atom is -0.103 e. The van der Waals surface area contributed by atoms with Gasteiger partial charge in [0.1, 0.15) is 0 Å². The van der Waals surface area contributed by atoms with Gasteiger partial charge in [0.15, 0.2) is 0 Å². The predicted molar refractivity (Wildman–Crippen MR) is 73.4 cm³/mol. The van der Waals surface area contributed by atoms with E-state index in [1.54, 1.807) is 5.57 Å². The van der Waals surface area contributed by atoms with E-state index in [4.69, 9.17) is 0 Å². The summed E-state index contributed by atoms with van der Waals surface area (Å²) in [6.07, 6.45) is 8.34. The van der Waals surface area contributed by atoms with E-state index in [0.717, 1.165) is 17.8 Å². The molecule has 1 atom stereocenters. The molecule has 0 heterocycles. The molecule has 0 saturated heterocycles. The maximum Gasteiger partial charge on any atom is -0.0162 e. The highest BCUT2D eigenvalue weighted by molar-refractivity contribution is 5.16. The second kappa shape index (κ2) is 5.21. The number of allylic oxidation sites excluding steroid dienone is 3. The lowest BCUT2D eigenvalue weighted by atomic mass is 9.69. The molecule has 0 spiro atoms. The lowest BCUT2D eigenvalue weighted by Gasteiger charge is -2.36. The fourth-order valence-electron chi connectivity index (χ4n) is 2.16. The van der Waals surface area contributed by atoms with Crippen molar-refractivity contribution in [2.75, 3.05) is 0 Å². The minimum atomic E-state index is 0.443. The van der Waals surface area contributed by atoms with Gasteiger partial charge in [-0.05, 0) is 42.4 Å². The molecule has 1 aliphatic carbocycles. The van der Waals surface area contributed by atoms with E-state index in [9.17, 15) is 0 Å². The van der Waals surface area contributed by atoms with Crippen molar-refractivity contribution in [2.45, 2.75) is 53.9 Å². The lowest BCUT2D eigenvalue weighted by molar-refractivity contribution is 0.152. The van der Waals surface area contributed by atoms with Gasteiger partial charge >= 0.3 is 0 Å². The second-order valence-corrected chi connectivity index (χ2v) is 6.38. The summed E-state index contributed by atoms with van der Waals surface area (Å²) in [5.41, 5.74) is 2.09. The number of rotatable bonds is 5. The lowest BCUT2D eigenvalue weighted by Crippen LogP contribution is -2.27. The summed E-state index contributed by atoms with van der Waals surface area (Å²) in [6.45, 7) is 15.7. The molecule has 0 radical (unpaired) electrons. The van der Waals surface area contributed by atoms with Crippen LogP contribution in [0.25, 0.3) is 0 Å². The van der Waals surface area contributed by atoms with Gasteiger partial charge in [-0.25, -0.2) is 0 Å². The molecule has 0 nitrogen and oxygen atoms in total. The summed E-state index contributed by atoms with van der Waals surface area (Å²) in [7, 11) is 0. The first-order valence-corrected chi connectivity index (χ1v) is 6.68. The highest BCUT2D eigenvalue weighted by Gasteiger charge is 2.29. The Balaban J connectivity index is 2.41. The third-order valence-corrected chi connectivity index (χ3v) is 4.90. The van der Waals surface area contributed by atoms with E-state index >= 15 is 0 Å². The summed E-state index contributed by atoms with van der Waals surface area (Å²) >= 11 is 0. The molecule has 1 aliphatic rings. The molecule has 1 rings (SSSR count). The van der Waals surface area contributed by atoms with Crippen LogP contribution in [-0.2, 0) is 0 Å². The Hall–Kier alpha value is -0.520. The molecule has 1 unspecified atom stereocenters. The Morgan fingerprint density at radius 3 is 2.31 bits per heavy atom. The van der Waals surface area contributed by atoms with Crippen molar-refractivity contribution >= 4 is 0 Å². The molecule has 0 aromatic rings. The molecule has 0 bridgehead atoms. The van der Waals surface area contributed by atoms with Gasteiger partial charge in [0.05, 0.1) is 0 Å². The van der Waals surface area contributed by atoms with Crippen molar-refractivity contribution in [1.82, 2.24) is 0 Å². The molecule has 0 N–H and O–H groups in total. The quantitative estimate of drug-likeness (QED) is 0.557. The molecule has 1 fully saturated rings. The van der Waals surface area contributed by atoms with Gasteiger partial charge in [-0.15, -0.1) is 6.58 Å². The van der Waals surface area contributed by atoms with Gasteiger partial charge < -0.3 is 0 Å². The van der Waals surface area contributed by atoms with Crippen LogP contribution in [0.3, 0.4) is 0 Å². The number of hydrogen-bond donors (Lipinski definition) is 0. The predicted octanol–water partition coefficient (Wildman–Crippen LogP) is 5.22. The summed E-state index contributed by atoms with van der Waals surface area (Å²) < 4.78 is 0. The highest BCUT2D eigenvalue weighted by Crippen LogP contribution is 2.39. The topological polar surface area (TPSA) is 0 Å². The van der Waals surface area contributed by atoms with Gasteiger partial charge in [-0.3, -0.25) is 0 Å². The first kappa shape index (κ1) is 13.5. The average molecular weight is 220 g/mol. The molecule has 1 saturated carbocycles. The van der Waals surface area contributed by atoms with Crippen molar-refractivity contribution in [3.8, 4) is 0 Å². The minimum absolute atomic E-state index is 0.443. The SMILES string of the molecule is C=CC1CC(=CCC(C)C(C)(C)C(C)C)C1. The Morgan fingerprint density at radius 1 is 1.31 bits per heavy atom. The van der Waals surface area contributed by atoms with E-state index in [-0.39, 0.29) is 0 Å². The van der Waals surface area contributed by atoms with Gasteiger partial charge in [0, 0.05) is 0 Å². The van der Waals surface area contributed by atoms with E-state index in [2.05, 4.69) is 53.3 Å². The smallest absolute Gasteiger partial charge is 0.0162 e. The zero-order chi connectivity index (χ0) is 12.3. The Labute approximate surface area is 102 Å². The van der Waals surface area contributed by atoms with Gasteiger partial charge in [0.25, 0.3) is 0 Å². The Morgan fingerprint density at radius 2 is 1.88 bits per heavy atom. The molecule has 16 heavy (non-hydrogen) atoms. The van der Waals surface area contributed by atoms with Crippen LogP contribution < -0.4 is 0 Å². The largest absolute Gasteiger partial charge is 0.103 e. The van der Waals surface area contributed by atoms with Crippen LogP contribution in [0.4, 0.5) is 0 Å². The van der Waals surface area contributed by atoms with Crippen LogP contribution in [-0.4, -0.2) is 0 Å². The van der Waals surface area contributed by atoms with Gasteiger partial charge in [-0.1, -0.05) is 52.3 Å². The van der Waals surface area contributed by atoms with Crippen LogP contribution in [0.5, 0.6) is 0 Å². The molecule has 0 aromatic heterocycles. The maximum atomic E-state index is 3.85. The van der Waals surface area contributed by atoms with Crippen LogP contribution in [0.2, 0.25) is 0 Å². The van der Waals surface area contributed by atoms with Gasteiger partial charge in [0.2, 0.25) is 0 Å². The fraction of sp³-hybridized carbons (Fsp3) is 0.750. The normalized spacial score (nSPS) is 22.9. The highest BCUT2D eigenvalue weighted by atomic mass is 14.3. The van der Waals surface area contributed by atoms with Gasteiger partial charge in [-0.2, -0.15) is 0 Å². The third kappa shape index (κ3) is 2.99. The fourth-order valence-corrected chi connectivity index (χ4v) is 2.16. The van der Waals surface area contributed by atoms with E-state index in [1.807, 2.05) is 0 Å². The molecule has 0 aromatic carbocycles. The average Bonchev–Trinajstić information content (AvgIpc) is 2.15. The zero-order valence-corrected chi connectivity index (χ0v) is 11.7. The van der Waals surface area contributed by atoms with Crippen LogP contribution in [0.1, 0.15) is 53.9 Å². The molecule has 92 valence electrons. The van der Waals surface area contributed by atoms with E-state index < -0.39 is 0 Å². The van der Waals surface area contributed by atoms with Crippen LogP contribution >= 0.6 is 0 Å². The first-order chi connectivity index (χ1) is 7.37. The summed E-state index contributed by atoms with van der Waals surface area (Å²) in [6, 6.07) is 0. The standard InChI is InChI=1S/C16H28/c1-7-14-10-15(11-14)9-8-13(4)16(5,6)12(2)3/h7,9,12-14H,1,8,10-11H2,2-6H3. The van der Waals surface area contributed by atoms with Crippen molar-refractivity contribution in [3.63, 3.8) is 0 Å². The number of hydrogen-bond acceptors (Lipinski definition) is 0. The Bertz CT molecular complexity index is 260. The molecular formula is C16H28. The van der Waals surface area contributed by atoms with E-state index in [1.165, 1.54) is 19.3 Å². The zero-order valence-electron chi connectivity index (χ0n) is 11.7. The van der Waals surface area contributed by atoms with Crippen LogP contribution in [0.15, 0.2) is 24.3 Å². The third-order valence-electron chi connectivity index (χ3n) is 4.90. The monoisotopic (exact) mass is 220 g/mol. The van der Waals surface area contributed by atoms with Crippen LogP contribution in [0, 0.1) is 23.2 Å².